The molecule has 0 aromatic heterocycles. The van der Waals surface area contributed by atoms with Crippen molar-refractivity contribution in [2.45, 2.75) is 58.5 Å². The quantitative estimate of drug-likeness (QED) is 0.722. The van der Waals surface area contributed by atoms with E-state index in [4.69, 9.17) is 4.74 Å². The number of hydrogen-bond donors (Lipinski definition) is 1. The average molecular weight is 256 g/mol. The first kappa shape index (κ1) is 15.9. The van der Waals surface area contributed by atoms with Crippen molar-refractivity contribution in [2.75, 3.05) is 33.4 Å². The molecule has 1 unspecified atom stereocenters. The van der Waals surface area contributed by atoms with Crippen molar-refractivity contribution in [3.8, 4) is 0 Å². The molecule has 0 bridgehead atoms. The van der Waals surface area contributed by atoms with Crippen LogP contribution in [0.25, 0.3) is 0 Å². The standard InChI is InChI=1S/C15H32N2O/c1-5-15(6-2)16-11-13(3)17-9-7-14(8-10-17)12-18-4/h13-16H,5-12H2,1-4H3. The maximum atomic E-state index is 5.25. The molecule has 0 saturated carbocycles. The summed E-state index contributed by atoms with van der Waals surface area (Å²) in [6.45, 7) is 11.4. The SMILES string of the molecule is CCC(CC)NCC(C)N1CCC(COC)CC1. The van der Waals surface area contributed by atoms with Gasteiger partial charge < -0.3 is 10.1 Å². The molecule has 108 valence electrons. The van der Waals surface area contributed by atoms with Gasteiger partial charge in [0.15, 0.2) is 0 Å². The smallest absolute Gasteiger partial charge is 0.0491 e. The highest BCUT2D eigenvalue weighted by atomic mass is 16.5. The van der Waals surface area contributed by atoms with Gasteiger partial charge in [0.2, 0.25) is 0 Å². The first-order valence-corrected chi connectivity index (χ1v) is 7.67. The maximum Gasteiger partial charge on any atom is 0.0491 e. The van der Waals surface area contributed by atoms with E-state index in [2.05, 4.69) is 31.0 Å². The molecule has 1 N–H and O–H groups in total. The molecule has 0 aliphatic carbocycles. The average Bonchev–Trinajstić information content (AvgIpc) is 2.41. The van der Waals surface area contributed by atoms with Gasteiger partial charge in [-0.3, -0.25) is 4.90 Å². The van der Waals surface area contributed by atoms with Gasteiger partial charge in [0.1, 0.15) is 0 Å². The second kappa shape index (κ2) is 8.89. The minimum Gasteiger partial charge on any atom is -0.384 e. The second-order valence-electron chi connectivity index (χ2n) is 5.71. The molecular weight excluding hydrogens is 224 g/mol. The molecule has 18 heavy (non-hydrogen) atoms. The summed E-state index contributed by atoms with van der Waals surface area (Å²) >= 11 is 0. The first-order valence-electron chi connectivity index (χ1n) is 7.67. The Kier molecular flexibility index (Phi) is 7.87. The number of piperidine rings is 1. The highest BCUT2D eigenvalue weighted by Gasteiger charge is 2.22. The van der Waals surface area contributed by atoms with Gasteiger partial charge in [-0.15, -0.1) is 0 Å². The number of methoxy groups -OCH3 is 1. The molecule has 3 nitrogen and oxygen atoms in total. The fourth-order valence-corrected chi connectivity index (χ4v) is 2.84. The van der Waals surface area contributed by atoms with E-state index in [1.807, 2.05) is 7.11 Å². The second-order valence-corrected chi connectivity index (χ2v) is 5.71. The van der Waals surface area contributed by atoms with Crippen LogP contribution in [0.5, 0.6) is 0 Å². The minimum atomic E-state index is 0.661. The van der Waals surface area contributed by atoms with Crippen LogP contribution in [0.4, 0.5) is 0 Å². The number of ether oxygens (including phenoxy) is 1. The fraction of sp³-hybridized carbons (Fsp3) is 1.00. The third-order valence-corrected chi connectivity index (χ3v) is 4.36. The van der Waals surface area contributed by atoms with E-state index in [-0.39, 0.29) is 0 Å². The lowest BCUT2D eigenvalue weighted by molar-refractivity contribution is 0.0824. The van der Waals surface area contributed by atoms with E-state index in [0.717, 1.165) is 19.1 Å². The lowest BCUT2D eigenvalue weighted by Crippen LogP contribution is -2.46. The van der Waals surface area contributed by atoms with Crippen LogP contribution in [0.1, 0.15) is 46.5 Å². The summed E-state index contributed by atoms with van der Waals surface area (Å²) in [4.78, 5) is 2.63. The molecule has 3 heteroatoms. The van der Waals surface area contributed by atoms with Crippen LogP contribution in [0, 0.1) is 5.92 Å². The predicted octanol–water partition coefficient (Wildman–Crippen LogP) is 2.51. The Morgan fingerprint density at radius 2 is 1.83 bits per heavy atom. The molecule has 1 aliphatic rings. The number of hydrogen-bond acceptors (Lipinski definition) is 3. The molecule has 1 fully saturated rings. The van der Waals surface area contributed by atoms with E-state index < -0.39 is 0 Å². The highest BCUT2D eigenvalue weighted by molar-refractivity contribution is 4.78. The molecule has 1 aliphatic heterocycles. The van der Waals surface area contributed by atoms with Crippen LogP contribution in [-0.2, 0) is 4.74 Å². The van der Waals surface area contributed by atoms with Crippen molar-refractivity contribution in [3.63, 3.8) is 0 Å². The van der Waals surface area contributed by atoms with Crippen LogP contribution in [0.3, 0.4) is 0 Å². The van der Waals surface area contributed by atoms with E-state index >= 15 is 0 Å². The maximum absolute atomic E-state index is 5.25. The summed E-state index contributed by atoms with van der Waals surface area (Å²) in [7, 11) is 1.81. The van der Waals surface area contributed by atoms with Crippen molar-refractivity contribution < 1.29 is 4.74 Å². The van der Waals surface area contributed by atoms with Gasteiger partial charge in [0, 0.05) is 32.3 Å². The van der Waals surface area contributed by atoms with Gasteiger partial charge in [-0.1, -0.05) is 13.8 Å². The summed E-state index contributed by atoms with van der Waals surface area (Å²) in [6, 6.07) is 1.35. The molecular formula is C15H32N2O. The largest absolute Gasteiger partial charge is 0.384 e. The third kappa shape index (κ3) is 5.25. The zero-order chi connectivity index (χ0) is 13.4. The van der Waals surface area contributed by atoms with Crippen molar-refractivity contribution >= 4 is 0 Å². The van der Waals surface area contributed by atoms with Crippen molar-refractivity contribution in [2.24, 2.45) is 5.92 Å². The molecule has 1 saturated heterocycles. The topological polar surface area (TPSA) is 24.5 Å². The Morgan fingerprint density at radius 1 is 1.22 bits per heavy atom. The van der Waals surface area contributed by atoms with E-state index in [1.54, 1.807) is 0 Å². The Hall–Kier alpha value is -0.120. The van der Waals surface area contributed by atoms with Crippen molar-refractivity contribution in [1.82, 2.24) is 10.2 Å². The van der Waals surface area contributed by atoms with Gasteiger partial charge in [0.25, 0.3) is 0 Å². The van der Waals surface area contributed by atoms with Crippen LogP contribution in [0.15, 0.2) is 0 Å². The van der Waals surface area contributed by atoms with Gasteiger partial charge in [-0.25, -0.2) is 0 Å². The third-order valence-electron chi connectivity index (χ3n) is 4.36. The van der Waals surface area contributed by atoms with Crippen LogP contribution >= 0.6 is 0 Å². The molecule has 1 heterocycles. The molecule has 0 aromatic rings. The number of likely N-dealkylation sites (tertiary alicyclic amines) is 1. The predicted molar refractivity (Wildman–Crippen MR) is 78.0 cm³/mol. The summed E-state index contributed by atoms with van der Waals surface area (Å²) in [6.07, 6.45) is 5.06. The Balaban J connectivity index is 2.21. The van der Waals surface area contributed by atoms with Crippen LogP contribution in [-0.4, -0.2) is 50.3 Å². The zero-order valence-electron chi connectivity index (χ0n) is 12.7. The van der Waals surface area contributed by atoms with E-state index in [0.29, 0.717) is 12.1 Å². The zero-order valence-corrected chi connectivity index (χ0v) is 12.7. The first-order chi connectivity index (χ1) is 8.71. The Bertz CT molecular complexity index is 199. The van der Waals surface area contributed by atoms with Crippen molar-refractivity contribution in [1.29, 1.82) is 0 Å². The van der Waals surface area contributed by atoms with Gasteiger partial charge >= 0.3 is 0 Å². The monoisotopic (exact) mass is 256 g/mol. The lowest BCUT2D eigenvalue weighted by atomic mass is 9.97. The Labute approximate surface area is 113 Å². The van der Waals surface area contributed by atoms with Crippen LogP contribution in [0.2, 0.25) is 0 Å². The fourth-order valence-electron chi connectivity index (χ4n) is 2.84. The van der Waals surface area contributed by atoms with Gasteiger partial charge in [-0.2, -0.15) is 0 Å². The molecule has 0 aromatic carbocycles. The number of rotatable bonds is 8. The molecule has 1 atom stereocenters. The normalized spacial score (nSPS) is 20.5. The summed E-state index contributed by atoms with van der Waals surface area (Å²) in [5.74, 6) is 0.783. The van der Waals surface area contributed by atoms with Gasteiger partial charge in [-0.05, 0) is 51.6 Å². The van der Waals surface area contributed by atoms with E-state index in [9.17, 15) is 0 Å². The highest BCUT2D eigenvalue weighted by Crippen LogP contribution is 2.18. The summed E-state index contributed by atoms with van der Waals surface area (Å²) < 4.78 is 5.25. The summed E-state index contributed by atoms with van der Waals surface area (Å²) in [5.41, 5.74) is 0. The minimum absolute atomic E-state index is 0.661. The Morgan fingerprint density at radius 3 is 2.33 bits per heavy atom. The molecule has 1 rings (SSSR count). The molecule has 0 amide bonds. The molecule has 0 radical (unpaired) electrons. The van der Waals surface area contributed by atoms with Crippen molar-refractivity contribution in [3.05, 3.63) is 0 Å². The molecule has 0 spiro atoms. The lowest BCUT2D eigenvalue weighted by Gasteiger charge is -2.36. The van der Waals surface area contributed by atoms with Gasteiger partial charge in [0.05, 0.1) is 0 Å². The number of nitrogens with zero attached hydrogens (tertiary/aromatic N) is 1. The van der Waals surface area contributed by atoms with Crippen LogP contribution < -0.4 is 5.32 Å². The van der Waals surface area contributed by atoms with E-state index in [1.165, 1.54) is 38.8 Å². The number of nitrogens with one attached hydrogen (secondary N) is 1. The summed E-state index contributed by atoms with van der Waals surface area (Å²) in [5, 5.41) is 3.69.